The van der Waals surface area contributed by atoms with Crippen LogP contribution in [-0.2, 0) is 23.1 Å². The molecule has 94 valence electrons. The Morgan fingerprint density at radius 3 is 3.00 bits per heavy atom. The van der Waals surface area contributed by atoms with E-state index in [1.165, 1.54) is 0 Å². The molecule has 0 spiro atoms. The molecule has 1 fully saturated rings. The number of hydrogen-bond acceptors (Lipinski definition) is 4. The van der Waals surface area contributed by atoms with Crippen LogP contribution in [0.3, 0.4) is 0 Å². The fourth-order valence-corrected chi connectivity index (χ4v) is 1.63. The normalized spacial score (nSPS) is 17.5. The minimum atomic E-state index is -0.175. The predicted molar refractivity (Wildman–Crippen MR) is 62.3 cm³/mol. The van der Waals surface area contributed by atoms with E-state index >= 15 is 0 Å². The number of hydrogen-bond donors (Lipinski definition) is 2. The summed E-state index contributed by atoms with van der Waals surface area (Å²) in [6, 6.07) is 0. The molecule has 0 bridgehead atoms. The van der Waals surface area contributed by atoms with Gasteiger partial charge in [-0.3, -0.25) is 9.48 Å². The Hall–Kier alpha value is -1.40. The van der Waals surface area contributed by atoms with Crippen LogP contribution in [0.25, 0.3) is 0 Å². The van der Waals surface area contributed by atoms with Crippen LogP contribution in [0.4, 0.5) is 0 Å². The van der Waals surface area contributed by atoms with Crippen molar-refractivity contribution in [1.82, 2.24) is 20.4 Å². The van der Waals surface area contributed by atoms with Crippen LogP contribution in [0.2, 0.25) is 0 Å². The first-order valence-corrected chi connectivity index (χ1v) is 5.66. The van der Waals surface area contributed by atoms with Crippen molar-refractivity contribution in [3.05, 3.63) is 18.0 Å². The third-order valence-corrected chi connectivity index (χ3v) is 2.80. The zero-order chi connectivity index (χ0) is 12.3. The largest absolute Gasteiger partial charge is 0.363 e. The monoisotopic (exact) mass is 238 g/mol. The first-order valence-electron chi connectivity index (χ1n) is 5.66. The molecule has 2 N–H and O–H groups in total. The summed E-state index contributed by atoms with van der Waals surface area (Å²) in [6.07, 6.45) is 3.61. The van der Waals surface area contributed by atoms with E-state index in [1.54, 1.807) is 10.9 Å². The molecule has 0 saturated carbocycles. The number of amides is 1. The molecule has 1 aliphatic heterocycles. The average molecular weight is 238 g/mol. The second-order valence-corrected chi connectivity index (χ2v) is 4.64. The van der Waals surface area contributed by atoms with E-state index in [1.807, 2.05) is 20.2 Å². The Balaban J connectivity index is 1.67. The number of aryl methyl sites for hydroxylation is 1. The zero-order valence-electron chi connectivity index (χ0n) is 10.2. The molecule has 2 rings (SSSR count). The summed E-state index contributed by atoms with van der Waals surface area (Å²) < 4.78 is 7.23. The predicted octanol–water partition coefficient (Wildman–Crippen LogP) is -0.585. The summed E-state index contributed by atoms with van der Waals surface area (Å²) >= 11 is 0. The lowest BCUT2D eigenvalue weighted by atomic mass is 10.0. The van der Waals surface area contributed by atoms with Gasteiger partial charge in [-0.2, -0.15) is 5.10 Å². The molecule has 1 saturated heterocycles. The minimum absolute atomic E-state index is 0.0954. The highest BCUT2D eigenvalue weighted by molar-refractivity contribution is 5.77. The third kappa shape index (κ3) is 3.28. The Kier molecular flexibility index (Phi) is 3.44. The minimum Gasteiger partial charge on any atom is -0.363 e. The number of carbonyl (C=O) groups is 1. The van der Waals surface area contributed by atoms with Crippen LogP contribution in [0, 0.1) is 0 Å². The number of nitrogens with zero attached hydrogens (tertiary/aromatic N) is 2. The highest BCUT2D eigenvalue weighted by Gasteiger charge is 2.32. The van der Waals surface area contributed by atoms with Gasteiger partial charge in [-0.25, -0.2) is 0 Å². The second-order valence-electron chi connectivity index (χ2n) is 4.64. The van der Waals surface area contributed by atoms with Crippen molar-refractivity contribution < 1.29 is 9.53 Å². The van der Waals surface area contributed by atoms with Gasteiger partial charge in [-0.05, 0) is 6.92 Å². The van der Waals surface area contributed by atoms with Crippen LogP contribution in [-0.4, -0.2) is 41.0 Å². The van der Waals surface area contributed by atoms with Crippen molar-refractivity contribution in [2.24, 2.45) is 7.05 Å². The van der Waals surface area contributed by atoms with Gasteiger partial charge in [0.15, 0.2) is 0 Å². The Morgan fingerprint density at radius 2 is 2.47 bits per heavy atom. The van der Waals surface area contributed by atoms with Crippen molar-refractivity contribution in [2.75, 3.05) is 19.7 Å². The first-order chi connectivity index (χ1) is 8.07. The first kappa shape index (κ1) is 12.1. The quantitative estimate of drug-likeness (QED) is 0.720. The summed E-state index contributed by atoms with van der Waals surface area (Å²) in [6.45, 7) is 4.22. The van der Waals surface area contributed by atoms with Crippen molar-refractivity contribution >= 4 is 5.91 Å². The Bertz CT molecular complexity index is 398. The van der Waals surface area contributed by atoms with E-state index in [0.717, 1.165) is 18.7 Å². The number of carbonyl (C=O) groups excluding carboxylic acids is 1. The Labute approximate surface area is 100 Å². The SMILES string of the molecule is Cn1cc(CNC(=O)COC2(C)CNC2)cn1. The highest BCUT2D eigenvalue weighted by Crippen LogP contribution is 2.14. The molecule has 1 aromatic heterocycles. The lowest BCUT2D eigenvalue weighted by Gasteiger charge is -2.38. The van der Waals surface area contributed by atoms with Crippen LogP contribution >= 0.6 is 0 Å². The second kappa shape index (κ2) is 4.85. The molecule has 1 aliphatic rings. The van der Waals surface area contributed by atoms with E-state index in [2.05, 4.69) is 15.7 Å². The van der Waals surface area contributed by atoms with Gasteiger partial charge in [0.2, 0.25) is 5.91 Å². The van der Waals surface area contributed by atoms with Crippen LogP contribution < -0.4 is 10.6 Å². The van der Waals surface area contributed by atoms with E-state index in [4.69, 9.17) is 4.74 Å². The average Bonchev–Trinajstić information content (AvgIpc) is 2.67. The van der Waals surface area contributed by atoms with Gasteiger partial charge < -0.3 is 15.4 Å². The summed E-state index contributed by atoms with van der Waals surface area (Å²) in [5, 5.41) is 9.94. The number of aromatic nitrogens is 2. The molecule has 0 atom stereocenters. The fraction of sp³-hybridized carbons (Fsp3) is 0.636. The van der Waals surface area contributed by atoms with Gasteiger partial charge in [0.1, 0.15) is 6.61 Å². The van der Waals surface area contributed by atoms with E-state index in [9.17, 15) is 4.79 Å². The van der Waals surface area contributed by atoms with Gasteiger partial charge >= 0.3 is 0 Å². The summed E-state index contributed by atoms with van der Waals surface area (Å²) in [5.41, 5.74) is 0.809. The van der Waals surface area contributed by atoms with Crippen molar-refractivity contribution in [1.29, 1.82) is 0 Å². The summed E-state index contributed by atoms with van der Waals surface area (Å²) in [7, 11) is 1.85. The molecular weight excluding hydrogens is 220 g/mol. The van der Waals surface area contributed by atoms with E-state index in [0.29, 0.717) is 6.54 Å². The summed E-state index contributed by atoms with van der Waals surface area (Å²) in [4.78, 5) is 11.5. The number of rotatable bonds is 5. The number of nitrogens with one attached hydrogen (secondary N) is 2. The molecule has 0 aromatic carbocycles. The van der Waals surface area contributed by atoms with Crippen LogP contribution in [0.5, 0.6) is 0 Å². The molecule has 17 heavy (non-hydrogen) atoms. The van der Waals surface area contributed by atoms with Gasteiger partial charge in [-0.15, -0.1) is 0 Å². The smallest absolute Gasteiger partial charge is 0.246 e. The van der Waals surface area contributed by atoms with Gasteiger partial charge in [0, 0.05) is 38.4 Å². The van der Waals surface area contributed by atoms with Crippen LogP contribution in [0.15, 0.2) is 12.4 Å². The molecule has 0 aliphatic carbocycles. The van der Waals surface area contributed by atoms with Gasteiger partial charge in [0.05, 0.1) is 11.8 Å². The third-order valence-electron chi connectivity index (χ3n) is 2.80. The molecule has 1 aromatic rings. The van der Waals surface area contributed by atoms with E-state index in [-0.39, 0.29) is 18.1 Å². The molecule has 2 heterocycles. The van der Waals surface area contributed by atoms with Gasteiger partial charge in [0.25, 0.3) is 0 Å². The standard InChI is InChI=1S/C11H18N4O2/c1-11(7-12-8-11)17-6-10(16)13-3-9-4-14-15(2)5-9/h4-5,12H,3,6-8H2,1-2H3,(H,13,16). The zero-order valence-corrected chi connectivity index (χ0v) is 10.2. The number of ether oxygens (including phenoxy) is 1. The van der Waals surface area contributed by atoms with Crippen molar-refractivity contribution in [3.63, 3.8) is 0 Å². The fourth-order valence-electron chi connectivity index (χ4n) is 1.63. The Morgan fingerprint density at radius 1 is 1.71 bits per heavy atom. The topological polar surface area (TPSA) is 68.2 Å². The molecule has 0 unspecified atom stereocenters. The maximum Gasteiger partial charge on any atom is 0.246 e. The lowest BCUT2D eigenvalue weighted by molar-refractivity contribution is -0.136. The molecular formula is C11H18N4O2. The molecule has 6 nitrogen and oxygen atoms in total. The maximum absolute atomic E-state index is 11.5. The molecule has 6 heteroatoms. The highest BCUT2D eigenvalue weighted by atomic mass is 16.5. The van der Waals surface area contributed by atoms with Crippen molar-refractivity contribution in [2.45, 2.75) is 19.1 Å². The lowest BCUT2D eigenvalue weighted by Crippen LogP contribution is -2.59. The van der Waals surface area contributed by atoms with Gasteiger partial charge in [-0.1, -0.05) is 0 Å². The van der Waals surface area contributed by atoms with Crippen molar-refractivity contribution in [3.8, 4) is 0 Å². The van der Waals surface area contributed by atoms with Crippen LogP contribution in [0.1, 0.15) is 12.5 Å². The maximum atomic E-state index is 11.5. The van der Waals surface area contributed by atoms with E-state index < -0.39 is 0 Å². The molecule has 0 radical (unpaired) electrons. The summed E-state index contributed by atoms with van der Waals surface area (Å²) in [5.74, 6) is -0.0954. The molecule has 1 amide bonds.